The molecule has 2 aromatic carbocycles. The molecule has 2 aliphatic carbocycles. The molecule has 0 N–H and O–H groups in total. The van der Waals surface area contributed by atoms with Crippen molar-refractivity contribution in [2.45, 2.75) is 30.0 Å². The summed E-state index contributed by atoms with van der Waals surface area (Å²) in [4.78, 5) is 0. The van der Waals surface area contributed by atoms with Crippen LogP contribution >= 0.6 is 31.9 Å². The molecule has 4 rings (SSSR count). The van der Waals surface area contributed by atoms with Crippen LogP contribution in [0.3, 0.4) is 0 Å². The standard InChI is InChI=1S/C21H20Br2/c22-20-19(15-9-3-1-4-10-15)17-13-7-8-14-18(17)21(20,23)16-11-5-2-6-12-16/h1-6,9-12,17-18H,7-8,13-14H2. The van der Waals surface area contributed by atoms with Crippen LogP contribution in [0.5, 0.6) is 0 Å². The summed E-state index contributed by atoms with van der Waals surface area (Å²) >= 11 is 8.22. The molecule has 118 valence electrons. The predicted octanol–water partition coefficient (Wildman–Crippen LogP) is 6.90. The zero-order valence-electron chi connectivity index (χ0n) is 13.0. The van der Waals surface area contributed by atoms with Crippen LogP contribution in [0.4, 0.5) is 0 Å². The molecule has 23 heavy (non-hydrogen) atoms. The Morgan fingerprint density at radius 1 is 0.826 bits per heavy atom. The van der Waals surface area contributed by atoms with E-state index in [-0.39, 0.29) is 4.32 Å². The second-order valence-electron chi connectivity index (χ2n) is 6.67. The maximum absolute atomic E-state index is 4.19. The molecule has 3 unspecified atom stereocenters. The van der Waals surface area contributed by atoms with E-state index in [9.17, 15) is 0 Å². The highest BCUT2D eigenvalue weighted by Gasteiger charge is 2.53. The number of hydrogen-bond donors (Lipinski definition) is 0. The van der Waals surface area contributed by atoms with E-state index >= 15 is 0 Å². The van der Waals surface area contributed by atoms with E-state index in [1.54, 1.807) is 0 Å². The molecule has 3 atom stereocenters. The molecule has 0 bridgehead atoms. The molecule has 2 aliphatic rings. The average Bonchev–Trinajstić information content (AvgIpc) is 2.86. The molecule has 0 aromatic heterocycles. The van der Waals surface area contributed by atoms with E-state index < -0.39 is 0 Å². The van der Waals surface area contributed by atoms with Crippen molar-refractivity contribution in [1.82, 2.24) is 0 Å². The minimum absolute atomic E-state index is 0.0788. The molecule has 0 spiro atoms. The lowest BCUT2D eigenvalue weighted by atomic mass is 9.73. The Morgan fingerprint density at radius 3 is 2.13 bits per heavy atom. The largest absolute Gasteiger partial charge is 0.0856 e. The fourth-order valence-corrected chi connectivity index (χ4v) is 6.53. The third kappa shape index (κ3) is 2.46. The average molecular weight is 432 g/mol. The van der Waals surface area contributed by atoms with Gasteiger partial charge in [0.05, 0.1) is 4.32 Å². The zero-order valence-corrected chi connectivity index (χ0v) is 16.2. The van der Waals surface area contributed by atoms with Crippen LogP contribution in [0.15, 0.2) is 65.1 Å². The van der Waals surface area contributed by atoms with Crippen molar-refractivity contribution in [2.24, 2.45) is 11.8 Å². The third-order valence-corrected chi connectivity index (χ3v) is 8.51. The van der Waals surface area contributed by atoms with Gasteiger partial charge in [0.15, 0.2) is 0 Å². The maximum Gasteiger partial charge on any atom is 0.0856 e. The number of allylic oxidation sites excluding steroid dienone is 2. The smallest absolute Gasteiger partial charge is 0.0740 e. The third-order valence-electron chi connectivity index (χ3n) is 5.48. The first-order chi connectivity index (χ1) is 11.2. The Morgan fingerprint density at radius 2 is 1.43 bits per heavy atom. The fraction of sp³-hybridized carbons (Fsp3) is 0.333. The van der Waals surface area contributed by atoms with Gasteiger partial charge in [-0.2, -0.15) is 0 Å². The van der Waals surface area contributed by atoms with Gasteiger partial charge in [0, 0.05) is 4.48 Å². The van der Waals surface area contributed by atoms with E-state index in [0.29, 0.717) is 11.8 Å². The Hall–Kier alpha value is -0.860. The first-order valence-corrected chi connectivity index (χ1v) is 10.0. The van der Waals surface area contributed by atoms with Crippen molar-refractivity contribution in [1.29, 1.82) is 0 Å². The Bertz CT molecular complexity index is 720. The van der Waals surface area contributed by atoms with Crippen LogP contribution in [0, 0.1) is 11.8 Å². The highest BCUT2D eigenvalue weighted by atomic mass is 79.9. The molecule has 0 heterocycles. The van der Waals surface area contributed by atoms with Crippen molar-refractivity contribution in [3.8, 4) is 0 Å². The van der Waals surface area contributed by atoms with Crippen molar-refractivity contribution >= 4 is 37.4 Å². The van der Waals surface area contributed by atoms with Gasteiger partial charge in [0.25, 0.3) is 0 Å². The Labute approximate surface area is 155 Å². The molecule has 0 aliphatic heterocycles. The second-order valence-corrected chi connectivity index (χ2v) is 8.71. The zero-order chi connectivity index (χ0) is 15.9. The summed E-state index contributed by atoms with van der Waals surface area (Å²) in [6.07, 6.45) is 5.26. The van der Waals surface area contributed by atoms with Crippen LogP contribution in [0.1, 0.15) is 36.8 Å². The summed E-state index contributed by atoms with van der Waals surface area (Å²) < 4.78 is 1.25. The van der Waals surface area contributed by atoms with E-state index in [4.69, 9.17) is 0 Å². The number of fused-ring (bicyclic) bond motifs is 1. The summed E-state index contributed by atoms with van der Waals surface area (Å²) in [6, 6.07) is 21.8. The van der Waals surface area contributed by atoms with E-state index in [2.05, 4.69) is 92.5 Å². The van der Waals surface area contributed by atoms with E-state index in [1.807, 2.05) is 0 Å². The molecule has 2 aromatic rings. The highest BCUT2D eigenvalue weighted by Crippen LogP contribution is 2.64. The van der Waals surface area contributed by atoms with Crippen molar-refractivity contribution in [3.05, 3.63) is 76.3 Å². The molecule has 0 saturated heterocycles. The minimum Gasteiger partial charge on any atom is -0.0740 e. The van der Waals surface area contributed by atoms with Crippen molar-refractivity contribution < 1.29 is 0 Å². The van der Waals surface area contributed by atoms with Crippen LogP contribution < -0.4 is 0 Å². The second kappa shape index (κ2) is 6.22. The van der Waals surface area contributed by atoms with Gasteiger partial charge in [-0.25, -0.2) is 0 Å². The van der Waals surface area contributed by atoms with Gasteiger partial charge >= 0.3 is 0 Å². The normalized spacial score (nSPS) is 30.3. The Kier molecular flexibility index (Phi) is 4.23. The maximum atomic E-state index is 4.19. The van der Waals surface area contributed by atoms with Gasteiger partial charge in [-0.15, -0.1) is 0 Å². The summed E-state index contributed by atoms with van der Waals surface area (Å²) in [7, 11) is 0. The number of hydrogen-bond acceptors (Lipinski definition) is 0. The predicted molar refractivity (Wildman–Crippen MR) is 105 cm³/mol. The molecule has 0 amide bonds. The van der Waals surface area contributed by atoms with Gasteiger partial charge in [0.1, 0.15) is 0 Å². The van der Waals surface area contributed by atoms with Crippen LogP contribution in [0.2, 0.25) is 0 Å². The summed E-state index contributed by atoms with van der Waals surface area (Å²) in [5.41, 5.74) is 4.25. The van der Waals surface area contributed by atoms with E-state index in [0.717, 1.165) is 0 Å². The quantitative estimate of drug-likeness (QED) is 0.453. The molecule has 1 fully saturated rings. The van der Waals surface area contributed by atoms with Gasteiger partial charge in [-0.05, 0) is 41.4 Å². The van der Waals surface area contributed by atoms with Crippen LogP contribution in [-0.2, 0) is 4.32 Å². The lowest BCUT2D eigenvalue weighted by molar-refractivity contribution is 0.275. The molecular weight excluding hydrogens is 412 g/mol. The monoisotopic (exact) mass is 430 g/mol. The molecular formula is C21H20Br2. The number of rotatable bonds is 2. The Balaban J connectivity index is 1.90. The van der Waals surface area contributed by atoms with Crippen molar-refractivity contribution in [3.63, 3.8) is 0 Å². The van der Waals surface area contributed by atoms with Gasteiger partial charge in [0.2, 0.25) is 0 Å². The number of alkyl halides is 1. The summed E-state index contributed by atoms with van der Waals surface area (Å²) in [5.74, 6) is 1.27. The van der Waals surface area contributed by atoms with Crippen molar-refractivity contribution in [2.75, 3.05) is 0 Å². The summed E-state index contributed by atoms with van der Waals surface area (Å²) in [5, 5.41) is 0. The molecule has 1 saturated carbocycles. The first-order valence-electron chi connectivity index (χ1n) is 8.43. The minimum atomic E-state index is -0.0788. The van der Waals surface area contributed by atoms with Gasteiger partial charge in [-0.1, -0.05) is 105 Å². The van der Waals surface area contributed by atoms with Crippen LogP contribution in [0.25, 0.3) is 5.57 Å². The van der Waals surface area contributed by atoms with Crippen LogP contribution in [-0.4, -0.2) is 0 Å². The lowest BCUT2D eigenvalue weighted by Gasteiger charge is -2.37. The number of benzene rings is 2. The fourth-order valence-electron chi connectivity index (χ4n) is 4.45. The number of halogens is 2. The SMILES string of the molecule is BrC1=C(c2ccccc2)C2CCCCC2C1(Br)c1ccccc1. The molecule has 2 heteroatoms. The lowest BCUT2D eigenvalue weighted by Crippen LogP contribution is -2.31. The highest BCUT2D eigenvalue weighted by molar-refractivity contribution is 9.14. The summed E-state index contributed by atoms with van der Waals surface area (Å²) in [6.45, 7) is 0. The topological polar surface area (TPSA) is 0 Å². The van der Waals surface area contributed by atoms with Gasteiger partial charge in [-0.3, -0.25) is 0 Å². The van der Waals surface area contributed by atoms with Gasteiger partial charge < -0.3 is 0 Å². The molecule has 0 radical (unpaired) electrons. The molecule has 0 nitrogen and oxygen atoms in total. The first kappa shape index (κ1) is 15.7. The van der Waals surface area contributed by atoms with E-state index in [1.165, 1.54) is 46.9 Å².